The zero-order valence-corrected chi connectivity index (χ0v) is 10.1. The third-order valence-corrected chi connectivity index (χ3v) is 3.35. The Morgan fingerprint density at radius 1 is 1.47 bits per heavy atom. The molecule has 96 valence electrons. The molecule has 1 unspecified atom stereocenters. The molecule has 1 atom stereocenters. The molecule has 0 aromatic carbocycles. The number of amides is 2. The van der Waals surface area contributed by atoms with Crippen LogP contribution in [0.2, 0.25) is 0 Å². The van der Waals surface area contributed by atoms with Crippen molar-refractivity contribution < 1.29 is 14.3 Å². The minimum Gasteiger partial charge on any atom is -0.378 e. The van der Waals surface area contributed by atoms with Crippen LogP contribution in [0.15, 0.2) is 0 Å². The van der Waals surface area contributed by atoms with Gasteiger partial charge in [0.2, 0.25) is 11.8 Å². The van der Waals surface area contributed by atoms with Gasteiger partial charge in [-0.2, -0.15) is 0 Å². The van der Waals surface area contributed by atoms with Gasteiger partial charge in [-0.1, -0.05) is 0 Å². The molecule has 0 aromatic rings. The van der Waals surface area contributed by atoms with E-state index in [-0.39, 0.29) is 24.5 Å². The van der Waals surface area contributed by atoms with Crippen molar-refractivity contribution in [2.45, 2.75) is 38.2 Å². The van der Waals surface area contributed by atoms with Gasteiger partial charge in [0.25, 0.3) is 0 Å². The molecule has 2 aliphatic heterocycles. The van der Waals surface area contributed by atoms with Crippen molar-refractivity contribution in [1.29, 1.82) is 0 Å². The second kappa shape index (κ2) is 6.00. The number of hydrogen-bond donors (Lipinski definition) is 1. The molecule has 2 heterocycles. The number of carbonyl (C=O) groups excluding carboxylic acids is 2. The molecule has 0 aromatic heterocycles. The summed E-state index contributed by atoms with van der Waals surface area (Å²) in [4.78, 5) is 24.7. The zero-order chi connectivity index (χ0) is 12.1. The monoisotopic (exact) mass is 240 g/mol. The third kappa shape index (κ3) is 3.70. The fourth-order valence-corrected chi connectivity index (χ4v) is 2.33. The number of piperazine rings is 1. The maximum Gasteiger partial charge on any atom is 0.239 e. The zero-order valence-electron chi connectivity index (χ0n) is 10.1. The lowest BCUT2D eigenvalue weighted by molar-refractivity contribution is -0.138. The number of carbonyl (C=O) groups is 2. The predicted octanol–water partition coefficient (Wildman–Crippen LogP) is 0.294. The van der Waals surface area contributed by atoms with Crippen molar-refractivity contribution in [2.75, 3.05) is 26.2 Å². The van der Waals surface area contributed by atoms with Crippen LogP contribution in [0, 0.1) is 0 Å². The lowest BCUT2D eigenvalue weighted by Crippen LogP contribution is -2.50. The fourth-order valence-electron chi connectivity index (χ4n) is 2.33. The molecule has 1 N–H and O–H groups in total. The summed E-state index contributed by atoms with van der Waals surface area (Å²) in [6, 6.07) is 0. The molecule has 0 bridgehead atoms. The van der Waals surface area contributed by atoms with Crippen LogP contribution >= 0.6 is 0 Å². The molecule has 2 amide bonds. The summed E-state index contributed by atoms with van der Waals surface area (Å²) in [7, 11) is 0. The van der Waals surface area contributed by atoms with Crippen LogP contribution in [-0.4, -0.2) is 49.1 Å². The molecule has 2 fully saturated rings. The molecule has 5 nitrogen and oxygen atoms in total. The molecule has 0 spiro atoms. The van der Waals surface area contributed by atoms with Crippen LogP contribution in [0.5, 0.6) is 0 Å². The van der Waals surface area contributed by atoms with Crippen LogP contribution in [0.25, 0.3) is 0 Å². The van der Waals surface area contributed by atoms with E-state index in [2.05, 4.69) is 5.32 Å². The molecule has 2 aliphatic rings. The quantitative estimate of drug-likeness (QED) is 0.771. The van der Waals surface area contributed by atoms with Gasteiger partial charge >= 0.3 is 0 Å². The molecule has 5 heteroatoms. The lowest BCUT2D eigenvalue weighted by atomic mass is 10.0. The summed E-state index contributed by atoms with van der Waals surface area (Å²) in [5.41, 5.74) is 0. The highest BCUT2D eigenvalue weighted by molar-refractivity contribution is 5.85. The van der Waals surface area contributed by atoms with Crippen LogP contribution < -0.4 is 5.32 Å². The Hall–Kier alpha value is -1.10. The normalized spacial score (nSPS) is 25.5. The van der Waals surface area contributed by atoms with E-state index in [0.717, 1.165) is 25.9 Å². The summed E-state index contributed by atoms with van der Waals surface area (Å²) >= 11 is 0. The molecule has 0 aliphatic carbocycles. The van der Waals surface area contributed by atoms with Crippen LogP contribution in [0.3, 0.4) is 0 Å². The summed E-state index contributed by atoms with van der Waals surface area (Å²) in [6.45, 7) is 2.25. The van der Waals surface area contributed by atoms with Crippen molar-refractivity contribution in [3.8, 4) is 0 Å². The van der Waals surface area contributed by atoms with E-state index in [1.54, 1.807) is 4.90 Å². The van der Waals surface area contributed by atoms with Gasteiger partial charge in [-0.3, -0.25) is 9.59 Å². The highest BCUT2D eigenvalue weighted by Crippen LogP contribution is 2.17. The Balaban J connectivity index is 1.70. The standard InChI is InChI=1S/C12H20N2O3/c15-11-9-14(7-6-13-11)12(16)5-4-10-3-1-2-8-17-10/h10H,1-9H2,(H,13,15). The van der Waals surface area contributed by atoms with E-state index in [4.69, 9.17) is 4.74 Å². The minimum atomic E-state index is -0.0569. The third-order valence-electron chi connectivity index (χ3n) is 3.35. The largest absolute Gasteiger partial charge is 0.378 e. The first-order chi connectivity index (χ1) is 8.25. The SMILES string of the molecule is O=C1CN(C(=O)CCC2CCCCO2)CCN1. The minimum absolute atomic E-state index is 0.0569. The summed E-state index contributed by atoms with van der Waals surface area (Å²) in [5.74, 6) is 0.0209. The van der Waals surface area contributed by atoms with Crippen molar-refractivity contribution in [1.82, 2.24) is 10.2 Å². The first kappa shape index (κ1) is 12.4. The van der Waals surface area contributed by atoms with Crippen molar-refractivity contribution >= 4 is 11.8 Å². The van der Waals surface area contributed by atoms with Gasteiger partial charge in [-0.15, -0.1) is 0 Å². The van der Waals surface area contributed by atoms with Gasteiger partial charge in [0.15, 0.2) is 0 Å². The van der Waals surface area contributed by atoms with Gasteiger partial charge in [-0.25, -0.2) is 0 Å². The first-order valence-corrected chi connectivity index (χ1v) is 6.42. The number of ether oxygens (including phenoxy) is 1. The Morgan fingerprint density at radius 2 is 2.35 bits per heavy atom. The topological polar surface area (TPSA) is 58.6 Å². The molecule has 17 heavy (non-hydrogen) atoms. The Morgan fingerprint density at radius 3 is 3.06 bits per heavy atom. The van der Waals surface area contributed by atoms with E-state index in [0.29, 0.717) is 19.5 Å². The summed E-state index contributed by atoms with van der Waals surface area (Å²) in [6.07, 6.45) is 4.93. The molecule has 2 rings (SSSR count). The van der Waals surface area contributed by atoms with Crippen LogP contribution in [0.1, 0.15) is 32.1 Å². The van der Waals surface area contributed by atoms with Gasteiger partial charge in [0.1, 0.15) is 0 Å². The van der Waals surface area contributed by atoms with Gasteiger partial charge in [-0.05, 0) is 25.7 Å². The molecule has 2 saturated heterocycles. The summed E-state index contributed by atoms with van der Waals surface area (Å²) < 4.78 is 5.59. The number of nitrogens with one attached hydrogen (secondary N) is 1. The van der Waals surface area contributed by atoms with Crippen molar-refractivity contribution in [3.05, 3.63) is 0 Å². The number of nitrogens with zero attached hydrogens (tertiary/aromatic N) is 1. The van der Waals surface area contributed by atoms with Gasteiger partial charge < -0.3 is 15.0 Å². The first-order valence-electron chi connectivity index (χ1n) is 6.42. The molecular formula is C12H20N2O3. The molecular weight excluding hydrogens is 220 g/mol. The molecule has 0 radical (unpaired) electrons. The van der Waals surface area contributed by atoms with E-state index in [9.17, 15) is 9.59 Å². The Kier molecular flexibility index (Phi) is 4.36. The fraction of sp³-hybridized carbons (Fsp3) is 0.833. The second-order valence-electron chi connectivity index (χ2n) is 4.69. The average molecular weight is 240 g/mol. The highest BCUT2D eigenvalue weighted by Gasteiger charge is 2.22. The second-order valence-corrected chi connectivity index (χ2v) is 4.69. The average Bonchev–Trinajstić information content (AvgIpc) is 2.37. The molecule has 0 saturated carbocycles. The Bertz CT molecular complexity index is 287. The summed E-state index contributed by atoms with van der Waals surface area (Å²) in [5, 5.41) is 2.71. The maximum atomic E-state index is 11.9. The van der Waals surface area contributed by atoms with Crippen molar-refractivity contribution in [2.24, 2.45) is 0 Å². The van der Waals surface area contributed by atoms with E-state index in [1.165, 1.54) is 6.42 Å². The number of rotatable bonds is 3. The van der Waals surface area contributed by atoms with E-state index >= 15 is 0 Å². The van der Waals surface area contributed by atoms with E-state index in [1.807, 2.05) is 0 Å². The smallest absolute Gasteiger partial charge is 0.239 e. The highest BCUT2D eigenvalue weighted by atomic mass is 16.5. The van der Waals surface area contributed by atoms with Crippen LogP contribution in [-0.2, 0) is 14.3 Å². The van der Waals surface area contributed by atoms with Crippen molar-refractivity contribution in [3.63, 3.8) is 0 Å². The maximum absolute atomic E-state index is 11.9. The van der Waals surface area contributed by atoms with Gasteiger partial charge in [0.05, 0.1) is 12.6 Å². The Labute approximate surface area is 101 Å². The number of hydrogen-bond acceptors (Lipinski definition) is 3. The van der Waals surface area contributed by atoms with Crippen LogP contribution in [0.4, 0.5) is 0 Å². The van der Waals surface area contributed by atoms with Gasteiger partial charge in [0, 0.05) is 26.1 Å². The predicted molar refractivity (Wildman–Crippen MR) is 62.4 cm³/mol. The lowest BCUT2D eigenvalue weighted by Gasteiger charge is -2.28. The van der Waals surface area contributed by atoms with E-state index < -0.39 is 0 Å².